The van der Waals surface area contributed by atoms with E-state index in [1.165, 1.54) is 0 Å². The Bertz CT molecular complexity index is 476. The number of aliphatic hydroxyl groups is 1. The molecule has 6 heteroatoms. The van der Waals surface area contributed by atoms with Crippen LogP contribution in [0.4, 0.5) is 5.69 Å². The number of H-pyrrole nitrogens is 1. The van der Waals surface area contributed by atoms with Gasteiger partial charge in [-0.05, 0) is 38.0 Å². The predicted molar refractivity (Wildman–Crippen MR) is 77.3 cm³/mol. The quantitative estimate of drug-likeness (QED) is 0.665. The number of nitrogens with one attached hydrogen (secondary N) is 2. The molecule has 1 heterocycles. The van der Waals surface area contributed by atoms with Gasteiger partial charge in [0, 0.05) is 6.54 Å². The molecule has 0 atom stereocenters. The third-order valence-corrected chi connectivity index (χ3v) is 4.23. The fourth-order valence-corrected chi connectivity index (χ4v) is 2.63. The van der Waals surface area contributed by atoms with Gasteiger partial charge in [-0.1, -0.05) is 13.8 Å². The number of rotatable bonds is 4. The van der Waals surface area contributed by atoms with E-state index in [0.29, 0.717) is 18.0 Å². The van der Waals surface area contributed by atoms with Crippen LogP contribution < -0.4 is 11.1 Å². The lowest BCUT2D eigenvalue weighted by Crippen LogP contribution is -2.45. The summed E-state index contributed by atoms with van der Waals surface area (Å²) >= 11 is 0. The van der Waals surface area contributed by atoms with Crippen molar-refractivity contribution < 1.29 is 9.90 Å². The van der Waals surface area contributed by atoms with Gasteiger partial charge in [-0.15, -0.1) is 0 Å². The molecule has 0 spiro atoms. The first kappa shape index (κ1) is 14.8. The van der Waals surface area contributed by atoms with Gasteiger partial charge in [0.2, 0.25) is 0 Å². The van der Waals surface area contributed by atoms with Crippen LogP contribution in [0.2, 0.25) is 0 Å². The minimum absolute atomic E-state index is 0.217. The normalized spacial score (nSPS) is 26.4. The summed E-state index contributed by atoms with van der Waals surface area (Å²) in [5.74, 6) is 0.325. The molecule has 1 aromatic heterocycles. The number of amides is 1. The molecule has 1 aliphatic carbocycles. The maximum absolute atomic E-state index is 12.1. The van der Waals surface area contributed by atoms with Crippen molar-refractivity contribution >= 4 is 11.6 Å². The Balaban J connectivity index is 1.93. The summed E-state index contributed by atoms with van der Waals surface area (Å²) in [6.45, 7) is 4.39. The number of carbonyl (C=O) groups is 1. The molecule has 1 amide bonds. The van der Waals surface area contributed by atoms with Gasteiger partial charge in [0.1, 0.15) is 0 Å². The highest BCUT2D eigenvalue weighted by atomic mass is 16.3. The highest BCUT2D eigenvalue weighted by Crippen LogP contribution is 2.31. The lowest BCUT2D eigenvalue weighted by molar-refractivity contribution is -0.00543. The summed E-state index contributed by atoms with van der Waals surface area (Å²) < 4.78 is 0. The number of aromatic amines is 1. The first-order chi connectivity index (χ1) is 9.45. The molecule has 0 saturated heterocycles. The minimum Gasteiger partial charge on any atom is -0.395 e. The Morgan fingerprint density at radius 1 is 1.55 bits per heavy atom. The van der Waals surface area contributed by atoms with E-state index in [1.54, 1.807) is 0 Å². The van der Waals surface area contributed by atoms with E-state index in [9.17, 15) is 9.90 Å². The average molecular weight is 280 g/mol. The number of hydrogen-bond acceptors (Lipinski definition) is 4. The van der Waals surface area contributed by atoms with Crippen molar-refractivity contribution in [1.82, 2.24) is 15.5 Å². The summed E-state index contributed by atoms with van der Waals surface area (Å²) in [5, 5.41) is 19.9. The maximum Gasteiger partial charge on any atom is 0.274 e. The van der Waals surface area contributed by atoms with Crippen molar-refractivity contribution in [2.24, 2.45) is 5.92 Å². The number of hydrogen-bond donors (Lipinski definition) is 4. The Kier molecular flexibility index (Phi) is 4.32. The van der Waals surface area contributed by atoms with Crippen LogP contribution in [0.15, 0.2) is 0 Å². The number of carbonyl (C=O) groups excluding carboxylic acids is 1. The van der Waals surface area contributed by atoms with E-state index < -0.39 is 5.60 Å². The molecule has 1 fully saturated rings. The number of nitrogens with zero attached hydrogens (tertiary/aromatic N) is 1. The van der Waals surface area contributed by atoms with E-state index >= 15 is 0 Å². The molecule has 0 aliphatic heterocycles. The molecule has 1 saturated carbocycles. The lowest BCUT2D eigenvalue weighted by Gasteiger charge is -2.34. The van der Waals surface area contributed by atoms with Crippen LogP contribution in [0.3, 0.4) is 0 Å². The zero-order valence-electron chi connectivity index (χ0n) is 12.2. The van der Waals surface area contributed by atoms with Crippen LogP contribution in [0.5, 0.6) is 0 Å². The van der Waals surface area contributed by atoms with Gasteiger partial charge in [-0.2, -0.15) is 5.10 Å². The predicted octanol–water partition coefficient (Wildman–Crippen LogP) is 1.23. The van der Waals surface area contributed by atoms with Crippen LogP contribution >= 0.6 is 0 Å². The minimum atomic E-state index is -0.791. The molecule has 0 unspecified atom stereocenters. The van der Waals surface area contributed by atoms with E-state index in [1.807, 2.05) is 6.92 Å². The fourth-order valence-electron chi connectivity index (χ4n) is 2.63. The summed E-state index contributed by atoms with van der Waals surface area (Å²) in [6.07, 6.45) is 4.15. The van der Waals surface area contributed by atoms with Gasteiger partial charge in [0.05, 0.1) is 17.0 Å². The van der Waals surface area contributed by atoms with Crippen LogP contribution in [0, 0.1) is 5.92 Å². The standard InChI is InChI=1S/C14H24N4O2/c1-3-10-11(15)12(18-17-10)13(19)16-8-14(20)6-4-9(2)5-7-14/h9,20H,3-8,15H2,1-2H3,(H,16,19)(H,17,18). The summed E-state index contributed by atoms with van der Waals surface area (Å²) in [5.41, 5.74) is 6.45. The summed E-state index contributed by atoms with van der Waals surface area (Å²) in [4.78, 5) is 12.1. The summed E-state index contributed by atoms with van der Waals surface area (Å²) in [7, 11) is 0. The van der Waals surface area contributed by atoms with Gasteiger partial charge >= 0.3 is 0 Å². The second-order valence-electron chi connectivity index (χ2n) is 5.91. The average Bonchev–Trinajstić information content (AvgIpc) is 2.81. The van der Waals surface area contributed by atoms with Gasteiger partial charge in [0.25, 0.3) is 5.91 Å². The molecule has 1 aliphatic rings. The van der Waals surface area contributed by atoms with Crippen molar-refractivity contribution in [2.45, 2.75) is 51.6 Å². The SMILES string of the molecule is CCc1[nH]nc(C(=O)NCC2(O)CCC(C)CC2)c1N. The van der Waals surface area contributed by atoms with Crippen LogP contribution in [-0.4, -0.2) is 33.4 Å². The van der Waals surface area contributed by atoms with E-state index in [2.05, 4.69) is 22.4 Å². The molecule has 6 nitrogen and oxygen atoms in total. The monoisotopic (exact) mass is 280 g/mol. The molecule has 5 N–H and O–H groups in total. The van der Waals surface area contributed by atoms with Gasteiger partial charge in [0.15, 0.2) is 5.69 Å². The highest BCUT2D eigenvalue weighted by molar-refractivity contribution is 5.97. The Labute approximate surface area is 119 Å². The molecular formula is C14H24N4O2. The number of nitrogen functional groups attached to an aromatic ring is 1. The van der Waals surface area contributed by atoms with Crippen molar-refractivity contribution in [3.05, 3.63) is 11.4 Å². The topological polar surface area (TPSA) is 104 Å². The Morgan fingerprint density at radius 3 is 2.75 bits per heavy atom. The molecule has 112 valence electrons. The lowest BCUT2D eigenvalue weighted by atomic mass is 9.79. The van der Waals surface area contributed by atoms with E-state index in [0.717, 1.165) is 31.4 Å². The van der Waals surface area contributed by atoms with Gasteiger partial charge in [-0.3, -0.25) is 9.89 Å². The molecule has 0 radical (unpaired) electrons. The smallest absolute Gasteiger partial charge is 0.274 e. The zero-order chi connectivity index (χ0) is 14.8. The van der Waals surface area contributed by atoms with Crippen LogP contribution in [0.1, 0.15) is 55.7 Å². The second-order valence-corrected chi connectivity index (χ2v) is 5.91. The molecule has 20 heavy (non-hydrogen) atoms. The molecule has 1 aromatic rings. The molecule has 0 bridgehead atoms. The van der Waals surface area contributed by atoms with E-state index in [-0.39, 0.29) is 18.1 Å². The molecule has 0 aromatic carbocycles. The first-order valence-corrected chi connectivity index (χ1v) is 7.28. The molecule has 2 rings (SSSR count). The van der Waals surface area contributed by atoms with Gasteiger partial charge < -0.3 is 16.2 Å². The number of aromatic nitrogens is 2. The van der Waals surface area contributed by atoms with Crippen molar-refractivity contribution in [2.75, 3.05) is 12.3 Å². The Hall–Kier alpha value is -1.56. The number of aryl methyl sites for hydroxylation is 1. The largest absolute Gasteiger partial charge is 0.395 e. The number of anilines is 1. The number of nitrogens with two attached hydrogens (primary N) is 1. The van der Waals surface area contributed by atoms with E-state index in [4.69, 9.17) is 5.73 Å². The fraction of sp³-hybridized carbons (Fsp3) is 0.714. The van der Waals surface area contributed by atoms with Crippen LogP contribution in [0.25, 0.3) is 0 Å². The van der Waals surface area contributed by atoms with Crippen molar-refractivity contribution in [3.8, 4) is 0 Å². The highest BCUT2D eigenvalue weighted by Gasteiger charge is 2.32. The third-order valence-electron chi connectivity index (χ3n) is 4.23. The van der Waals surface area contributed by atoms with Crippen molar-refractivity contribution in [1.29, 1.82) is 0 Å². The van der Waals surface area contributed by atoms with Gasteiger partial charge in [-0.25, -0.2) is 0 Å². The molecular weight excluding hydrogens is 256 g/mol. The van der Waals surface area contributed by atoms with Crippen molar-refractivity contribution in [3.63, 3.8) is 0 Å². The zero-order valence-corrected chi connectivity index (χ0v) is 12.2. The first-order valence-electron chi connectivity index (χ1n) is 7.28. The van der Waals surface area contributed by atoms with Crippen LogP contribution in [-0.2, 0) is 6.42 Å². The maximum atomic E-state index is 12.1. The summed E-state index contributed by atoms with van der Waals surface area (Å²) in [6, 6.07) is 0. The Morgan fingerprint density at radius 2 is 2.20 bits per heavy atom. The second kappa shape index (κ2) is 5.83. The third kappa shape index (κ3) is 3.12.